The monoisotopic (exact) mass is 389 g/mol. The standard InChI is InChI=1S/C23H27N5O/c1-3-18-14-22(29)27-23(26-18)17-7-8-21(24-15-17)28-11-9-19(10-12-28)25-20-6-4-5-16(2)13-20/h4-8,13-15,19,25H,3,9-12H2,1-2H3,(H,26,27,29). The second kappa shape index (κ2) is 8.47. The van der Waals surface area contributed by atoms with Gasteiger partial charge < -0.3 is 15.2 Å². The average molecular weight is 390 g/mol. The number of hydrogen-bond acceptors (Lipinski definition) is 5. The van der Waals surface area contributed by atoms with Crippen molar-refractivity contribution in [1.29, 1.82) is 0 Å². The van der Waals surface area contributed by atoms with Crippen LogP contribution in [0.5, 0.6) is 0 Å². The molecule has 3 aromatic rings. The summed E-state index contributed by atoms with van der Waals surface area (Å²) in [5.41, 5.74) is 3.96. The largest absolute Gasteiger partial charge is 0.382 e. The van der Waals surface area contributed by atoms with Gasteiger partial charge in [0.2, 0.25) is 0 Å². The highest BCUT2D eigenvalue weighted by Crippen LogP contribution is 2.23. The highest BCUT2D eigenvalue weighted by molar-refractivity contribution is 5.56. The Hall–Kier alpha value is -3.15. The smallest absolute Gasteiger partial charge is 0.251 e. The molecule has 0 atom stereocenters. The quantitative estimate of drug-likeness (QED) is 0.695. The van der Waals surface area contributed by atoms with Crippen LogP contribution in [0.4, 0.5) is 11.5 Å². The van der Waals surface area contributed by atoms with Gasteiger partial charge in [-0.05, 0) is 56.0 Å². The van der Waals surface area contributed by atoms with Crippen molar-refractivity contribution in [3.63, 3.8) is 0 Å². The summed E-state index contributed by atoms with van der Waals surface area (Å²) in [6.07, 6.45) is 4.67. The van der Waals surface area contributed by atoms with Gasteiger partial charge in [0.25, 0.3) is 5.56 Å². The van der Waals surface area contributed by atoms with Gasteiger partial charge in [-0.1, -0.05) is 19.1 Å². The van der Waals surface area contributed by atoms with Crippen LogP contribution < -0.4 is 15.8 Å². The lowest BCUT2D eigenvalue weighted by atomic mass is 10.0. The van der Waals surface area contributed by atoms with Crippen molar-refractivity contribution in [1.82, 2.24) is 15.0 Å². The number of aromatic nitrogens is 3. The van der Waals surface area contributed by atoms with Crippen LogP contribution in [0, 0.1) is 6.92 Å². The maximum absolute atomic E-state index is 11.8. The second-order valence-corrected chi connectivity index (χ2v) is 7.62. The molecule has 29 heavy (non-hydrogen) atoms. The van der Waals surface area contributed by atoms with Gasteiger partial charge in [-0.25, -0.2) is 9.97 Å². The maximum Gasteiger partial charge on any atom is 0.251 e. The van der Waals surface area contributed by atoms with Crippen LogP contribution in [0.2, 0.25) is 0 Å². The fourth-order valence-electron chi connectivity index (χ4n) is 3.76. The Morgan fingerprint density at radius 2 is 2.00 bits per heavy atom. The van der Waals surface area contributed by atoms with Crippen molar-refractivity contribution in [2.24, 2.45) is 0 Å². The molecule has 1 saturated heterocycles. The zero-order valence-corrected chi connectivity index (χ0v) is 17.0. The van der Waals surface area contributed by atoms with Crippen molar-refractivity contribution < 1.29 is 0 Å². The molecule has 1 aliphatic rings. The molecule has 3 heterocycles. The summed E-state index contributed by atoms with van der Waals surface area (Å²) >= 11 is 0. The molecule has 6 nitrogen and oxygen atoms in total. The van der Waals surface area contributed by atoms with E-state index in [0.717, 1.165) is 49.4 Å². The molecule has 150 valence electrons. The third kappa shape index (κ3) is 4.65. The van der Waals surface area contributed by atoms with Crippen LogP contribution >= 0.6 is 0 Å². The van der Waals surface area contributed by atoms with Gasteiger partial charge in [0.15, 0.2) is 0 Å². The molecule has 1 aromatic carbocycles. The van der Waals surface area contributed by atoms with Crippen LogP contribution in [-0.4, -0.2) is 34.1 Å². The SMILES string of the molecule is CCc1cc(=O)[nH]c(-c2ccc(N3CCC(Nc4cccc(C)c4)CC3)nc2)n1. The van der Waals surface area contributed by atoms with Crippen molar-refractivity contribution in [3.05, 3.63) is 70.3 Å². The van der Waals surface area contributed by atoms with Crippen LogP contribution in [0.25, 0.3) is 11.4 Å². The predicted octanol–water partition coefficient (Wildman–Crippen LogP) is 3.78. The van der Waals surface area contributed by atoms with E-state index in [2.05, 4.69) is 56.4 Å². The highest BCUT2D eigenvalue weighted by Gasteiger charge is 2.20. The molecule has 0 bridgehead atoms. The van der Waals surface area contributed by atoms with E-state index in [0.29, 0.717) is 11.9 Å². The van der Waals surface area contributed by atoms with Crippen LogP contribution in [-0.2, 0) is 6.42 Å². The number of benzene rings is 1. The maximum atomic E-state index is 11.8. The normalized spacial score (nSPS) is 14.8. The summed E-state index contributed by atoms with van der Waals surface area (Å²) in [7, 11) is 0. The molecule has 0 saturated carbocycles. The number of piperidine rings is 1. The molecule has 0 radical (unpaired) electrons. The lowest BCUT2D eigenvalue weighted by Gasteiger charge is -2.33. The number of hydrogen-bond donors (Lipinski definition) is 2. The van der Waals surface area contributed by atoms with E-state index in [1.807, 2.05) is 19.1 Å². The minimum Gasteiger partial charge on any atom is -0.382 e. The van der Waals surface area contributed by atoms with Crippen molar-refractivity contribution in [2.75, 3.05) is 23.3 Å². The molecule has 0 unspecified atom stereocenters. The Bertz CT molecular complexity index is 1020. The first-order chi connectivity index (χ1) is 14.1. The van der Waals surface area contributed by atoms with E-state index in [1.165, 1.54) is 11.3 Å². The highest BCUT2D eigenvalue weighted by atomic mass is 16.1. The van der Waals surface area contributed by atoms with Crippen molar-refractivity contribution in [3.8, 4) is 11.4 Å². The van der Waals surface area contributed by atoms with E-state index >= 15 is 0 Å². The minimum absolute atomic E-state index is 0.126. The van der Waals surface area contributed by atoms with Crippen LogP contribution in [0.15, 0.2) is 53.5 Å². The molecule has 2 N–H and O–H groups in total. The summed E-state index contributed by atoms with van der Waals surface area (Å²) < 4.78 is 0. The Balaban J connectivity index is 1.39. The van der Waals surface area contributed by atoms with Gasteiger partial charge in [0, 0.05) is 48.3 Å². The average Bonchev–Trinajstić information content (AvgIpc) is 2.74. The molecule has 2 aromatic heterocycles. The van der Waals surface area contributed by atoms with E-state index in [9.17, 15) is 4.79 Å². The van der Waals surface area contributed by atoms with Gasteiger partial charge in [-0.3, -0.25) is 4.79 Å². The number of rotatable bonds is 5. The molecule has 1 fully saturated rings. The summed E-state index contributed by atoms with van der Waals surface area (Å²) in [5.74, 6) is 1.55. The summed E-state index contributed by atoms with van der Waals surface area (Å²) in [4.78, 5) is 26.1. The van der Waals surface area contributed by atoms with Gasteiger partial charge in [0.1, 0.15) is 11.6 Å². The van der Waals surface area contributed by atoms with Crippen LogP contribution in [0.3, 0.4) is 0 Å². The lowest BCUT2D eigenvalue weighted by Crippen LogP contribution is -2.39. The van der Waals surface area contributed by atoms with E-state index < -0.39 is 0 Å². The first-order valence-corrected chi connectivity index (χ1v) is 10.3. The Labute approximate surface area is 171 Å². The van der Waals surface area contributed by atoms with Gasteiger partial charge in [-0.2, -0.15) is 0 Å². The van der Waals surface area contributed by atoms with Crippen molar-refractivity contribution in [2.45, 2.75) is 39.2 Å². The topological polar surface area (TPSA) is 73.9 Å². The summed E-state index contributed by atoms with van der Waals surface area (Å²) in [6.45, 7) is 6.05. The molecule has 1 aliphatic heterocycles. The third-order valence-corrected chi connectivity index (χ3v) is 5.39. The fourth-order valence-corrected chi connectivity index (χ4v) is 3.76. The molecule has 0 amide bonds. The Morgan fingerprint density at radius 1 is 1.17 bits per heavy atom. The molecule has 6 heteroatoms. The van der Waals surface area contributed by atoms with Gasteiger partial charge in [0.05, 0.1) is 0 Å². The minimum atomic E-state index is -0.126. The van der Waals surface area contributed by atoms with E-state index in [4.69, 9.17) is 0 Å². The number of H-pyrrole nitrogens is 1. The number of anilines is 2. The van der Waals surface area contributed by atoms with Crippen molar-refractivity contribution >= 4 is 11.5 Å². The third-order valence-electron chi connectivity index (χ3n) is 5.39. The number of aromatic amines is 1. The first-order valence-electron chi connectivity index (χ1n) is 10.3. The Morgan fingerprint density at radius 3 is 2.69 bits per heavy atom. The second-order valence-electron chi connectivity index (χ2n) is 7.62. The van der Waals surface area contributed by atoms with E-state index in [1.54, 1.807) is 12.3 Å². The zero-order chi connectivity index (χ0) is 20.2. The number of nitrogens with zero attached hydrogens (tertiary/aromatic N) is 3. The molecule has 0 spiro atoms. The number of nitrogens with one attached hydrogen (secondary N) is 2. The number of aryl methyl sites for hydroxylation is 2. The van der Waals surface area contributed by atoms with E-state index in [-0.39, 0.29) is 5.56 Å². The lowest BCUT2D eigenvalue weighted by molar-refractivity contribution is 0.523. The van der Waals surface area contributed by atoms with Gasteiger partial charge in [-0.15, -0.1) is 0 Å². The molecular weight excluding hydrogens is 362 g/mol. The summed E-state index contributed by atoms with van der Waals surface area (Å²) in [5, 5.41) is 3.65. The number of pyridine rings is 1. The summed E-state index contributed by atoms with van der Waals surface area (Å²) in [6, 6.07) is 14.6. The van der Waals surface area contributed by atoms with Crippen LogP contribution in [0.1, 0.15) is 31.0 Å². The van der Waals surface area contributed by atoms with Gasteiger partial charge >= 0.3 is 0 Å². The molecule has 0 aliphatic carbocycles. The Kier molecular flexibility index (Phi) is 5.60. The molecular formula is C23H27N5O. The predicted molar refractivity (Wildman–Crippen MR) is 118 cm³/mol. The first kappa shape index (κ1) is 19.2. The zero-order valence-electron chi connectivity index (χ0n) is 17.0. The molecule has 4 rings (SSSR count). The fraction of sp³-hybridized carbons (Fsp3) is 0.348.